The third-order valence-corrected chi connectivity index (χ3v) is 16.9. The number of hydrogen-bond donors (Lipinski definition) is 0. The molecule has 0 spiro atoms. The Morgan fingerprint density at radius 2 is 0.699 bits per heavy atom. The highest BCUT2D eigenvalue weighted by Crippen LogP contribution is 2.56. The molecule has 0 unspecified atom stereocenters. The highest BCUT2D eigenvalue weighted by atomic mass is 19.1. The first-order chi connectivity index (χ1) is 48.7. The van der Waals surface area contributed by atoms with E-state index < -0.39 is 53.4 Å². The van der Waals surface area contributed by atoms with Gasteiger partial charge in [0.25, 0.3) is 0 Å². The number of benzene rings is 8. The molecular weight excluding hydrogens is 1310 g/mol. The summed E-state index contributed by atoms with van der Waals surface area (Å²) in [4.78, 5) is 82.1. The van der Waals surface area contributed by atoms with Gasteiger partial charge in [-0.25, -0.2) is 38.0 Å². The predicted molar refractivity (Wildman–Crippen MR) is 392 cm³/mol. The lowest BCUT2D eigenvalue weighted by Crippen LogP contribution is -2.16. The van der Waals surface area contributed by atoms with Crippen molar-refractivity contribution in [2.45, 2.75) is 100 Å². The van der Waals surface area contributed by atoms with Crippen LogP contribution < -0.4 is 37.9 Å². The number of rotatable bonds is 16. The Morgan fingerprint density at radius 3 is 1.10 bits per heavy atom. The van der Waals surface area contributed by atoms with Gasteiger partial charge in [-0.05, 0) is 237 Å². The highest BCUT2D eigenvalue weighted by molar-refractivity contribution is 5.95. The minimum Gasteiger partial charge on any atom is -0.485 e. The van der Waals surface area contributed by atoms with Crippen molar-refractivity contribution in [2.24, 2.45) is 0 Å². The number of fused-ring (bicyclic) bond motifs is 6. The van der Waals surface area contributed by atoms with Crippen molar-refractivity contribution in [3.05, 3.63) is 281 Å². The Morgan fingerprint density at radius 1 is 0.379 bits per heavy atom. The smallest absolute Gasteiger partial charge is 0.338 e. The second kappa shape index (κ2) is 31.4. The van der Waals surface area contributed by atoms with E-state index in [1.54, 1.807) is 58.9 Å². The van der Waals surface area contributed by atoms with E-state index >= 15 is 0 Å². The molecule has 103 heavy (non-hydrogen) atoms. The molecule has 1 heterocycles. The van der Waals surface area contributed by atoms with E-state index in [2.05, 4.69) is 66.5 Å². The first-order valence-electron chi connectivity index (χ1n) is 32.6. The van der Waals surface area contributed by atoms with Crippen LogP contribution >= 0.6 is 0 Å². The van der Waals surface area contributed by atoms with Crippen LogP contribution in [-0.2, 0) is 71.3 Å². The maximum absolute atomic E-state index is 14.8. The monoisotopic (exact) mass is 1390 g/mol. The standard InChI is InChI=1S/C25H24O4.C22H20O4.C21H16F2O5.C18H16O2/c1-13(2)23(26)28-17-9-15-7-8-16-10-18(29-24(27)14(3)4)12-20-22(16)21(15)19(11-17)25(20,5)6;1-13(2)21(23)25-17-7-9-19-15(11-17)5-6-16-12-18(8-10-20(16)19)26-22(24)14(3)4;1-10(2)20(24)27-15-7-5-12-13-6-8-16(28-21(25)11(3)4)18(23)19(13)26-9-14(12)17(15)22;1-4-14-5-7-15(8-6-14)16-9-11-17(12-10-16)20-18(19)13(2)3/h9-12H,1,3,7-8H2,2,4-6H3;7-12H,1,3,5-6H2,2,4H3;5-8H,1,3,9H2,2,4H3;4-12H,1-2H2,3H3. The number of hydrogen-bond acceptors (Lipinski definition) is 15. The van der Waals surface area contributed by atoms with E-state index in [1.807, 2.05) is 91.0 Å². The van der Waals surface area contributed by atoms with Crippen LogP contribution in [0.4, 0.5) is 8.78 Å². The van der Waals surface area contributed by atoms with Gasteiger partial charge in [-0.3, -0.25) is 0 Å². The molecule has 0 amide bonds. The fourth-order valence-electron chi connectivity index (χ4n) is 11.4. The number of aryl methyl sites for hydroxylation is 4. The van der Waals surface area contributed by atoms with Crippen molar-refractivity contribution in [2.75, 3.05) is 0 Å². The number of ether oxygens (including phenoxy) is 8. The molecule has 3 aliphatic carbocycles. The first kappa shape index (κ1) is 74.8. The lowest BCUT2D eigenvalue weighted by Gasteiger charge is -2.23. The minimum absolute atomic E-state index is 0.113. The molecule has 8 aromatic rings. The molecule has 1 aliphatic heterocycles. The molecule has 0 saturated carbocycles. The summed E-state index contributed by atoms with van der Waals surface area (Å²) < 4.78 is 71.6. The molecular formula is C86H76F2O15. The molecule has 0 aromatic heterocycles. The van der Waals surface area contributed by atoms with Crippen LogP contribution in [0.5, 0.6) is 46.0 Å². The summed E-state index contributed by atoms with van der Waals surface area (Å²) in [6.45, 7) is 43.7. The average Bonchev–Trinajstić information content (AvgIpc) is 1.63. The van der Waals surface area contributed by atoms with E-state index in [9.17, 15) is 42.3 Å². The Hall–Kier alpha value is -12.4. The second-order valence-corrected chi connectivity index (χ2v) is 25.8. The van der Waals surface area contributed by atoms with E-state index in [-0.39, 0.29) is 51.5 Å². The second-order valence-electron chi connectivity index (χ2n) is 25.8. The van der Waals surface area contributed by atoms with Crippen LogP contribution in [0.3, 0.4) is 0 Å². The summed E-state index contributed by atoms with van der Waals surface area (Å²) >= 11 is 0. The molecule has 15 nitrogen and oxygen atoms in total. The summed E-state index contributed by atoms with van der Waals surface area (Å²) in [6.07, 6.45) is 5.11. The number of carbonyl (C=O) groups is 7. The summed E-state index contributed by atoms with van der Waals surface area (Å²) in [5.74, 6) is -3.39. The van der Waals surface area contributed by atoms with E-state index in [0.717, 1.165) is 75.8 Å². The van der Waals surface area contributed by atoms with Crippen molar-refractivity contribution in [3.8, 4) is 90.5 Å². The van der Waals surface area contributed by atoms with Gasteiger partial charge < -0.3 is 37.9 Å². The third-order valence-electron chi connectivity index (χ3n) is 16.9. The molecule has 4 aliphatic rings. The normalized spacial score (nSPS) is 12.2. The largest absolute Gasteiger partial charge is 0.485 e. The lowest BCUT2D eigenvalue weighted by atomic mass is 9.82. The molecule has 0 saturated heterocycles. The zero-order valence-electron chi connectivity index (χ0n) is 58.9. The molecule has 524 valence electrons. The van der Waals surface area contributed by atoms with Crippen molar-refractivity contribution in [1.82, 2.24) is 0 Å². The van der Waals surface area contributed by atoms with Crippen LogP contribution in [0.25, 0.3) is 50.6 Å². The van der Waals surface area contributed by atoms with Crippen molar-refractivity contribution in [1.29, 1.82) is 0 Å². The predicted octanol–water partition coefficient (Wildman–Crippen LogP) is 18.4. The van der Waals surface area contributed by atoms with Gasteiger partial charge in [-0.1, -0.05) is 121 Å². The van der Waals surface area contributed by atoms with Gasteiger partial charge >= 0.3 is 41.8 Å². The van der Waals surface area contributed by atoms with Crippen molar-refractivity contribution < 1.29 is 80.2 Å². The van der Waals surface area contributed by atoms with Gasteiger partial charge in [0.2, 0.25) is 5.82 Å². The topological polar surface area (TPSA) is 193 Å². The third kappa shape index (κ3) is 17.1. The summed E-state index contributed by atoms with van der Waals surface area (Å²) in [5.41, 5.74) is 17.3. The maximum Gasteiger partial charge on any atom is 0.338 e. The van der Waals surface area contributed by atoms with E-state index in [0.29, 0.717) is 62.2 Å². The van der Waals surface area contributed by atoms with Crippen molar-refractivity contribution >= 4 is 47.9 Å². The van der Waals surface area contributed by atoms with Gasteiger partial charge in [0.15, 0.2) is 23.1 Å². The molecule has 12 rings (SSSR count). The molecule has 0 atom stereocenters. The lowest BCUT2D eigenvalue weighted by molar-refractivity contribution is -0.131. The zero-order chi connectivity index (χ0) is 75.0. The Kier molecular flexibility index (Phi) is 22.9. The fraction of sp³-hybridized carbons (Fsp3) is 0.174. The minimum atomic E-state index is -0.879. The van der Waals surface area contributed by atoms with Crippen LogP contribution in [0.15, 0.2) is 225 Å². The highest BCUT2D eigenvalue weighted by Gasteiger charge is 2.41. The van der Waals surface area contributed by atoms with E-state index in [1.165, 1.54) is 60.4 Å². The van der Waals surface area contributed by atoms with Gasteiger partial charge in [0.1, 0.15) is 35.4 Å². The molecule has 0 radical (unpaired) electrons. The van der Waals surface area contributed by atoms with Gasteiger partial charge in [0.05, 0.1) is 0 Å². The van der Waals surface area contributed by atoms with Crippen LogP contribution in [0.1, 0.15) is 107 Å². The fourth-order valence-corrected chi connectivity index (χ4v) is 11.4. The first-order valence-corrected chi connectivity index (χ1v) is 32.6. The summed E-state index contributed by atoms with van der Waals surface area (Å²) in [5, 5.41) is 0. The Bertz CT molecular complexity index is 4720. The van der Waals surface area contributed by atoms with Gasteiger partial charge in [-0.2, -0.15) is 4.39 Å². The van der Waals surface area contributed by atoms with Crippen LogP contribution in [0.2, 0.25) is 0 Å². The van der Waals surface area contributed by atoms with Crippen LogP contribution in [0, 0.1) is 11.6 Å². The maximum atomic E-state index is 14.8. The average molecular weight is 1390 g/mol. The van der Waals surface area contributed by atoms with Crippen molar-refractivity contribution in [3.63, 3.8) is 0 Å². The Labute approximate surface area is 597 Å². The quantitative estimate of drug-likeness (QED) is 0.0503. The SMILES string of the molecule is C=C(C)C(=O)Oc1cc2c3c(c1)C(C)(C)c1cc(OC(=O)C(=C)C)cc(c1-3)CC2.C=C(C)C(=O)Oc1ccc2c(c1)CCc1cc(OC(=O)C(=C)C)ccc1-2.C=C(C)C(=O)Oc1ccc2c(c1F)COc1c-2ccc(OC(=O)C(=C)C)c1F.C=Cc1ccc(-c2ccc(OC(=O)C(=C)C)cc2)cc1. The van der Waals surface area contributed by atoms with E-state index in [4.69, 9.17) is 37.9 Å². The molecule has 17 heteroatoms. The molecule has 0 fully saturated rings. The van der Waals surface area contributed by atoms with Gasteiger partial charge in [-0.15, -0.1) is 0 Å². The van der Waals surface area contributed by atoms with Crippen LogP contribution in [-0.4, -0.2) is 41.8 Å². The number of halogens is 2. The summed E-state index contributed by atoms with van der Waals surface area (Å²) in [6, 6.07) is 40.1. The Balaban J connectivity index is 0.000000161. The molecule has 0 bridgehead atoms. The number of carbonyl (C=O) groups excluding carboxylic acids is 7. The summed E-state index contributed by atoms with van der Waals surface area (Å²) in [7, 11) is 0. The number of esters is 7. The zero-order valence-corrected chi connectivity index (χ0v) is 58.9. The molecule has 8 aromatic carbocycles. The van der Waals surface area contributed by atoms with Gasteiger partial charge in [0, 0.05) is 55.6 Å². The molecule has 0 N–H and O–H groups in total.